The molecule has 1 aromatic carbocycles. The van der Waals surface area contributed by atoms with Crippen molar-refractivity contribution in [1.82, 2.24) is 0 Å². The average Bonchev–Trinajstić information content (AvgIpc) is 2.20. The number of hydrogen-bond acceptors (Lipinski definition) is 3. The van der Waals surface area contributed by atoms with Crippen LogP contribution in [-0.2, 0) is 0 Å². The van der Waals surface area contributed by atoms with Gasteiger partial charge in [0, 0.05) is 4.47 Å². The largest absolute Gasteiger partial charge is 0.483 e. The molecule has 0 aliphatic carbocycles. The maximum absolute atomic E-state index is 8.40. The van der Waals surface area contributed by atoms with E-state index in [1.165, 1.54) is 0 Å². The third kappa shape index (κ3) is 2.92. The van der Waals surface area contributed by atoms with Gasteiger partial charge in [-0.1, -0.05) is 21.1 Å². The first-order chi connectivity index (χ1) is 6.63. The topological polar surface area (TPSA) is 67.8 Å². The first-order valence-corrected chi connectivity index (χ1v) is 4.82. The molecule has 0 saturated heterocycles. The Bertz CT molecular complexity index is 324. The van der Waals surface area contributed by atoms with Crippen LogP contribution in [0.15, 0.2) is 33.9 Å². The first kappa shape index (κ1) is 10.8. The third-order valence-corrected chi connectivity index (χ3v) is 2.19. The molecule has 1 unspecified atom stereocenters. The molecule has 0 bridgehead atoms. The van der Waals surface area contributed by atoms with Gasteiger partial charge in [0.25, 0.3) is 0 Å². The summed E-state index contributed by atoms with van der Waals surface area (Å²) < 4.78 is 6.36. The van der Waals surface area contributed by atoms with Gasteiger partial charge < -0.3 is 15.7 Å². The molecule has 1 atom stereocenters. The molecule has 14 heavy (non-hydrogen) atoms. The molecule has 76 valence electrons. The molecule has 0 spiro atoms. The van der Waals surface area contributed by atoms with Crippen LogP contribution in [-0.4, -0.2) is 17.1 Å². The molecule has 0 amide bonds. The Labute approximate surface area is 90.5 Å². The van der Waals surface area contributed by atoms with Gasteiger partial charge in [-0.2, -0.15) is 0 Å². The number of nitrogens with two attached hydrogens (primary N) is 1. The second-order valence-corrected chi connectivity index (χ2v) is 3.65. The molecule has 4 nitrogen and oxygen atoms in total. The van der Waals surface area contributed by atoms with Crippen molar-refractivity contribution in [2.75, 3.05) is 0 Å². The number of halogens is 1. The van der Waals surface area contributed by atoms with Gasteiger partial charge >= 0.3 is 0 Å². The number of amidine groups is 1. The highest BCUT2D eigenvalue weighted by Crippen LogP contribution is 2.17. The fourth-order valence-corrected chi connectivity index (χ4v) is 1.12. The van der Waals surface area contributed by atoms with Crippen LogP contribution >= 0.6 is 15.9 Å². The summed E-state index contributed by atoms with van der Waals surface area (Å²) in [5.41, 5.74) is 5.36. The van der Waals surface area contributed by atoms with E-state index < -0.39 is 6.10 Å². The first-order valence-electron chi connectivity index (χ1n) is 4.03. The molecular weight excluding hydrogens is 248 g/mol. The Balaban J connectivity index is 2.65. The summed E-state index contributed by atoms with van der Waals surface area (Å²) in [6.07, 6.45) is -0.443. The smallest absolute Gasteiger partial charge is 0.180 e. The molecule has 0 aliphatic heterocycles. The van der Waals surface area contributed by atoms with E-state index in [4.69, 9.17) is 15.7 Å². The molecule has 0 fully saturated rings. The van der Waals surface area contributed by atoms with E-state index in [1.54, 1.807) is 19.1 Å². The average molecular weight is 259 g/mol. The highest BCUT2D eigenvalue weighted by molar-refractivity contribution is 9.10. The van der Waals surface area contributed by atoms with Crippen molar-refractivity contribution >= 4 is 21.8 Å². The van der Waals surface area contributed by atoms with Crippen molar-refractivity contribution in [3.8, 4) is 5.75 Å². The van der Waals surface area contributed by atoms with E-state index in [0.717, 1.165) is 4.47 Å². The van der Waals surface area contributed by atoms with Crippen LogP contribution in [0.25, 0.3) is 0 Å². The summed E-state index contributed by atoms with van der Waals surface area (Å²) >= 11 is 3.31. The van der Waals surface area contributed by atoms with Crippen LogP contribution in [0, 0.1) is 0 Å². The molecular formula is C9H11BrN2O2. The summed E-state index contributed by atoms with van der Waals surface area (Å²) in [5, 5.41) is 11.3. The van der Waals surface area contributed by atoms with E-state index in [9.17, 15) is 0 Å². The molecule has 1 aromatic rings. The SMILES string of the molecule is CC(Oc1ccc(Br)cc1)C(N)=NO. The maximum atomic E-state index is 8.40. The second kappa shape index (κ2) is 4.85. The van der Waals surface area contributed by atoms with E-state index in [2.05, 4.69) is 21.1 Å². The Morgan fingerprint density at radius 2 is 2.07 bits per heavy atom. The molecule has 0 aliphatic rings. The Morgan fingerprint density at radius 1 is 1.50 bits per heavy atom. The molecule has 5 heteroatoms. The van der Waals surface area contributed by atoms with E-state index in [-0.39, 0.29) is 5.84 Å². The monoisotopic (exact) mass is 258 g/mol. The lowest BCUT2D eigenvalue weighted by molar-refractivity contribution is 0.265. The summed E-state index contributed by atoms with van der Waals surface area (Å²) in [7, 11) is 0. The summed E-state index contributed by atoms with van der Waals surface area (Å²) in [6, 6.07) is 7.30. The van der Waals surface area contributed by atoms with Gasteiger partial charge in [0.15, 0.2) is 11.9 Å². The highest BCUT2D eigenvalue weighted by Gasteiger charge is 2.08. The van der Waals surface area contributed by atoms with Crippen molar-refractivity contribution in [2.45, 2.75) is 13.0 Å². The number of rotatable bonds is 3. The van der Waals surface area contributed by atoms with E-state index >= 15 is 0 Å². The molecule has 1 rings (SSSR count). The number of hydrogen-bond donors (Lipinski definition) is 2. The van der Waals surface area contributed by atoms with Crippen LogP contribution in [0.2, 0.25) is 0 Å². The van der Waals surface area contributed by atoms with E-state index in [1.807, 2.05) is 12.1 Å². The van der Waals surface area contributed by atoms with Crippen molar-refractivity contribution in [3.05, 3.63) is 28.7 Å². The number of ether oxygens (including phenoxy) is 1. The molecule has 0 heterocycles. The van der Waals surface area contributed by atoms with Crippen LogP contribution in [0.4, 0.5) is 0 Å². The Hall–Kier alpha value is -1.23. The van der Waals surface area contributed by atoms with Crippen LogP contribution in [0.3, 0.4) is 0 Å². The number of nitrogens with zero attached hydrogens (tertiary/aromatic N) is 1. The van der Waals surface area contributed by atoms with Gasteiger partial charge in [0.1, 0.15) is 5.75 Å². The zero-order valence-electron chi connectivity index (χ0n) is 7.64. The summed E-state index contributed by atoms with van der Waals surface area (Å²) in [6.45, 7) is 1.71. The van der Waals surface area contributed by atoms with Crippen LogP contribution in [0.1, 0.15) is 6.92 Å². The minimum atomic E-state index is -0.443. The minimum absolute atomic E-state index is 0.0490. The number of oxime groups is 1. The lowest BCUT2D eigenvalue weighted by Crippen LogP contribution is -2.31. The molecule has 0 aromatic heterocycles. The second-order valence-electron chi connectivity index (χ2n) is 2.74. The zero-order chi connectivity index (χ0) is 10.6. The van der Waals surface area contributed by atoms with Crippen LogP contribution in [0.5, 0.6) is 5.75 Å². The Kier molecular flexibility index (Phi) is 3.76. The van der Waals surface area contributed by atoms with E-state index in [0.29, 0.717) is 5.75 Å². The summed E-state index contributed by atoms with van der Waals surface area (Å²) in [5.74, 6) is 0.722. The number of benzene rings is 1. The van der Waals surface area contributed by atoms with Gasteiger partial charge in [0.2, 0.25) is 0 Å². The molecule has 3 N–H and O–H groups in total. The fraction of sp³-hybridized carbons (Fsp3) is 0.222. The standard InChI is InChI=1S/C9H11BrN2O2/c1-6(9(11)12-13)14-8-4-2-7(10)3-5-8/h2-6,13H,1H3,(H2,11,12). The Morgan fingerprint density at radius 3 is 2.57 bits per heavy atom. The van der Waals surface area contributed by atoms with Gasteiger partial charge in [-0.3, -0.25) is 0 Å². The minimum Gasteiger partial charge on any atom is -0.483 e. The predicted octanol–water partition coefficient (Wildman–Crippen LogP) is 1.96. The van der Waals surface area contributed by atoms with Crippen molar-refractivity contribution in [1.29, 1.82) is 0 Å². The normalized spacial score (nSPS) is 13.7. The summed E-state index contributed by atoms with van der Waals surface area (Å²) in [4.78, 5) is 0. The third-order valence-electron chi connectivity index (χ3n) is 1.66. The van der Waals surface area contributed by atoms with Gasteiger partial charge in [-0.15, -0.1) is 0 Å². The molecule has 0 saturated carbocycles. The fourth-order valence-electron chi connectivity index (χ4n) is 0.859. The van der Waals surface area contributed by atoms with Crippen molar-refractivity contribution in [3.63, 3.8) is 0 Å². The molecule has 0 radical (unpaired) electrons. The predicted molar refractivity (Wildman–Crippen MR) is 57.6 cm³/mol. The van der Waals surface area contributed by atoms with Crippen LogP contribution < -0.4 is 10.5 Å². The van der Waals surface area contributed by atoms with Crippen molar-refractivity contribution < 1.29 is 9.94 Å². The van der Waals surface area contributed by atoms with Gasteiger partial charge in [0.05, 0.1) is 0 Å². The highest BCUT2D eigenvalue weighted by atomic mass is 79.9. The van der Waals surface area contributed by atoms with Crippen molar-refractivity contribution in [2.24, 2.45) is 10.9 Å². The van der Waals surface area contributed by atoms with Gasteiger partial charge in [-0.25, -0.2) is 0 Å². The quantitative estimate of drug-likeness (QED) is 0.377. The lowest BCUT2D eigenvalue weighted by Gasteiger charge is -2.12. The van der Waals surface area contributed by atoms with Gasteiger partial charge in [-0.05, 0) is 31.2 Å². The zero-order valence-corrected chi connectivity index (χ0v) is 9.23. The lowest BCUT2D eigenvalue weighted by atomic mass is 10.3. The maximum Gasteiger partial charge on any atom is 0.180 e.